The number of aliphatic carboxylic acids is 1. The van der Waals surface area contributed by atoms with Gasteiger partial charge in [0.15, 0.2) is 5.11 Å². The van der Waals surface area contributed by atoms with Crippen LogP contribution in [0.4, 0.5) is 10.1 Å². The van der Waals surface area contributed by atoms with Gasteiger partial charge in [-0.2, -0.15) is 0 Å². The number of carbonyl (C=O) groups is 1. The molecular weight excluding hydrogens is 455 g/mol. The molecule has 0 heterocycles. The van der Waals surface area contributed by atoms with E-state index < -0.39 is 5.97 Å². The maximum Gasteiger partial charge on any atom is 0.173 e. The van der Waals surface area contributed by atoms with Gasteiger partial charge in [-0.25, -0.2) is 4.39 Å². The molecule has 0 spiro atoms. The summed E-state index contributed by atoms with van der Waals surface area (Å²) in [7, 11) is 0. The second-order valence-electron chi connectivity index (χ2n) is 7.46. The van der Waals surface area contributed by atoms with Gasteiger partial charge in [0.1, 0.15) is 5.82 Å². The number of nitrogens with one attached hydrogen (secondary N) is 1. The van der Waals surface area contributed by atoms with E-state index in [1.54, 1.807) is 18.2 Å². The Morgan fingerprint density at radius 3 is 2.55 bits per heavy atom. The molecule has 0 unspecified atom stereocenters. The van der Waals surface area contributed by atoms with Crippen molar-refractivity contribution in [2.24, 2.45) is 11.8 Å². The maximum atomic E-state index is 14.1. The Bertz CT molecular complexity index is 871. The monoisotopic (exact) mass is 477 g/mol. The molecule has 2 aromatic carbocycles. The molecule has 0 aromatic heterocycles. The maximum absolute atomic E-state index is 14.1. The van der Waals surface area contributed by atoms with Crippen LogP contribution in [0.1, 0.15) is 31.2 Å². The highest BCUT2D eigenvalue weighted by Gasteiger charge is 2.25. The van der Waals surface area contributed by atoms with Crippen LogP contribution in [-0.2, 0) is 11.3 Å². The first kappa shape index (κ1) is 21.7. The number of thiocarbonyl (C=S) groups is 1. The van der Waals surface area contributed by atoms with Crippen LogP contribution in [0.5, 0.6) is 0 Å². The van der Waals surface area contributed by atoms with Gasteiger partial charge in [0.05, 0.1) is 5.69 Å². The molecule has 0 atom stereocenters. The summed E-state index contributed by atoms with van der Waals surface area (Å²) >= 11 is 9.11. The number of carboxylic acids is 1. The predicted molar refractivity (Wildman–Crippen MR) is 118 cm³/mol. The summed E-state index contributed by atoms with van der Waals surface area (Å²) in [5.74, 6) is -1.33. The number of carbonyl (C=O) groups excluding carboxylic acids is 1. The zero-order chi connectivity index (χ0) is 20.8. The van der Waals surface area contributed by atoms with Crippen LogP contribution in [0.2, 0.25) is 0 Å². The van der Waals surface area contributed by atoms with Crippen LogP contribution in [0.3, 0.4) is 0 Å². The summed E-state index contributed by atoms with van der Waals surface area (Å²) in [6.45, 7) is 1.27. The highest BCUT2D eigenvalue weighted by Crippen LogP contribution is 2.30. The average Bonchev–Trinajstić information content (AvgIpc) is 2.69. The van der Waals surface area contributed by atoms with Crippen LogP contribution in [0, 0.1) is 17.7 Å². The van der Waals surface area contributed by atoms with Gasteiger partial charge in [-0.15, -0.1) is 0 Å². The van der Waals surface area contributed by atoms with Crippen molar-refractivity contribution in [2.45, 2.75) is 32.2 Å². The number of halogens is 2. The molecule has 0 saturated heterocycles. The number of hydrogen-bond acceptors (Lipinski definition) is 3. The first-order valence-corrected chi connectivity index (χ1v) is 10.9. The summed E-state index contributed by atoms with van der Waals surface area (Å²) in [6, 6.07) is 14.4. The quantitative estimate of drug-likeness (QED) is 0.626. The number of hydrogen-bond donors (Lipinski definition) is 1. The van der Waals surface area contributed by atoms with Gasteiger partial charge in [-0.1, -0.05) is 40.2 Å². The van der Waals surface area contributed by atoms with E-state index in [2.05, 4.69) is 21.2 Å². The molecule has 29 heavy (non-hydrogen) atoms. The molecule has 1 aliphatic rings. The van der Waals surface area contributed by atoms with E-state index in [-0.39, 0.29) is 11.7 Å². The lowest BCUT2D eigenvalue weighted by Crippen LogP contribution is -2.40. The third-order valence-corrected chi connectivity index (χ3v) is 6.18. The Kier molecular flexibility index (Phi) is 7.61. The molecule has 0 bridgehead atoms. The molecule has 1 fully saturated rings. The van der Waals surface area contributed by atoms with Gasteiger partial charge in [0, 0.05) is 23.5 Å². The van der Waals surface area contributed by atoms with Crippen LogP contribution in [0.15, 0.2) is 53.0 Å². The van der Waals surface area contributed by atoms with E-state index in [0.717, 1.165) is 22.9 Å². The second-order valence-corrected chi connectivity index (χ2v) is 8.76. The number of rotatable bonds is 6. The molecular formula is C22H23BrFN2O2S-. The van der Waals surface area contributed by atoms with Gasteiger partial charge in [-0.3, -0.25) is 0 Å². The fourth-order valence-electron chi connectivity index (χ4n) is 3.72. The summed E-state index contributed by atoms with van der Waals surface area (Å²) in [6.07, 6.45) is 2.89. The summed E-state index contributed by atoms with van der Waals surface area (Å²) in [5.41, 5.74) is 1.43. The molecule has 0 amide bonds. The fourth-order valence-corrected chi connectivity index (χ4v) is 4.42. The highest BCUT2D eigenvalue weighted by atomic mass is 79.9. The lowest BCUT2D eigenvalue weighted by Gasteiger charge is -2.34. The second kappa shape index (κ2) is 10.2. The first-order chi connectivity index (χ1) is 13.9. The van der Waals surface area contributed by atoms with E-state index in [0.29, 0.717) is 42.6 Å². The van der Waals surface area contributed by atoms with Crippen LogP contribution < -0.4 is 10.4 Å². The van der Waals surface area contributed by atoms with Gasteiger partial charge < -0.3 is 20.1 Å². The van der Waals surface area contributed by atoms with Crippen molar-refractivity contribution in [3.05, 3.63) is 64.4 Å². The van der Waals surface area contributed by atoms with Gasteiger partial charge in [0.2, 0.25) is 0 Å². The molecule has 1 saturated carbocycles. The van der Waals surface area contributed by atoms with Crippen molar-refractivity contribution in [2.75, 3.05) is 11.9 Å². The molecule has 154 valence electrons. The molecule has 1 N–H and O–H groups in total. The van der Waals surface area contributed by atoms with Crippen LogP contribution >= 0.6 is 28.1 Å². The zero-order valence-electron chi connectivity index (χ0n) is 15.9. The van der Waals surface area contributed by atoms with E-state index in [1.807, 2.05) is 29.2 Å². The predicted octanol–water partition coefficient (Wildman–Crippen LogP) is 4.34. The SMILES string of the molecule is O=C([O-])C1CCC(CN(Cc2cccc(Br)c2)C(=S)Nc2ccccc2F)CC1. The molecule has 3 rings (SSSR count). The van der Waals surface area contributed by atoms with Crippen molar-refractivity contribution >= 4 is 44.9 Å². The summed E-state index contributed by atoms with van der Waals surface area (Å²) in [4.78, 5) is 13.1. The van der Waals surface area contributed by atoms with Crippen LogP contribution in [0.25, 0.3) is 0 Å². The number of benzene rings is 2. The lowest BCUT2D eigenvalue weighted by atomic mass is 9.82. The molecule has 1 aliphatic carbocycles. The third-order valence-electron chi connectivity index (χ3n) is 5.32. The Hall–Kier alpha value is -1.99. The minimum Gasteiger partial charge on any atom is -0.550 e. The summed E-state index contributed by atoms with van der Waals surface area (Å²) in [5, 5.41) is 14.6. The van der Waals surface area contributed by atoms with Crippen molar-refractivity contribution in [3.8, 4) is 0 Å². The van der Waals surface area contributed by atoms with Gasteiger partial charge in [0.25, 0.3) is 0 Å². The van der Waals surface area contributed by atoms with Crippen molar-refractivity contribution in [3.63, 3.8) is 0 Å². The minimum absolute atomic E-state index is 0.332. The third kappa shape index (κ3) is 6.24. The topological polar surface area (TPSA) is 55.4 Å². The normalized spacial score (nSPS) is 18.8. The van der Waals surface area contributed by atoms with E-state index in [4.69, 9.17) is 12.2 Å². The fraction of sp³-hybridized carbons (Fsp3) is 0.364. The molecule has 0 radical (unpaired) electrons. The molecule has 2 aromatic rings. The molecule has 0 aliphatic heterocycles. The molecule has 7 heteroatoms. The smallest absolute Gasteiger partial charge is 0.173 e. The average molecular weight is 478 g/mol. The summed E-state index contributed by atoms with van der Waals surface area (Å²) < 4.78 is 15.0. The van der Waals surface area contributed by atoms with Crippen molar-refractivity contribution in [1.82, 2.24) is 4.90 Å². The molecule has 4 nitrogen and oxygen atoms in total. The first-order valence-electron chi connectivity index (χ1n) is 9.68. The van der Waals surface area contributed by atoms with E-state index >= 15 is 0 Å². The number of carboxylic acid groups (broad SMARTS) is 1. The van der Waals surface area contributed by atoms with Gasteiger partial charge in [-0.05, 0) is 79.6 Å². The van der Waals surface area contributed by atoms with E-state index in [1.165, 1.54) is 6.07 Å². The highest BCUT2D eigenvalue weighted by molar-refractivity contribution is 9.10. The lowest BCUT2D eigenvalue weighted by molar-refractivity contribution is -0.312. The van der Waals surface area contributed by atoms with Crippen molar-refractivity contribution < 1.29 is 14.3 Å². The van der Waals surface area contributed by atoms with Gasteiger partial charge >= 0.3 is 0 Å². The largest absolute Gasteiger partial charge is 0.550 e. The zero-order valence-corrected chi connectivity index (χ0v) is 18.3. The number of anilines is 1. The van der Waals surface area contributed by atoms with Crippen LogP contribution in [-0.4, -0.2) is 22.5 Å². The standard InChI is InChI=1S/C22H24BrFN2O2S/c23-18-5-3-4-16(12-18)14-26(13-15-8-10-17(11-9-15)21(27)28)22(29)25-20-7-2-1-6-19(20)24/h1-7,12,15,17H,8-11,13-14H2,(H,25,29)(H,27,28)/p-1. The Morgan fingerprint density at radius 2 is 1.90 bits per heavy atom. The minimum atomic E-state index is -0.953. The number of nitrogens with zero attached hydrogens (tertiary/aromatic N) is 1. The number of para-hydroxylation sites is 1. The Balaban J connectivity index is 1.71. The van der Waals surface area contributed by atoms with E-state index in [9.17, 15) is 14.3 Å². The Labute approximate surface area is 184 Å². The Morgan fingerprint density at radius 1 is 1.17 bits per heavy atom. The van der Waals surface area contributed by atoms with Crippen molar-refractivity contribution in [1.29, 1.82) is 0 Å².